The van der Waals surface area contributed by atoms with Crippen molar-refractivity contribution in [1.29, 1.82) is 0 Å². The number of amides is 1. The maximum absolute atomic E-state index is 12.2. The van der Waals surface area contributed by atoms with Crippen molar-refractivity contribution in [3.05, 3.63) is 29.8 Å². The van der Waals surface area contributed by atoms with Gasteiger partial charge >= 0.3 is 0 Å². The molecule has 2 aliphatic rings. The first kappa shape index (κ1) is 19.1. The van der Waals surface area contributed by atoms with Gasteiger partial charge in [0.15, 0.2) is 0 Å². The number of ether oxygens (including phenoxy) is 1. The summed E-state index contributed by atoms with van der Waals surface area (Å²) in [5.41, 5.74) is 6.59. The smallest absolute Gasteiger partial charge is 0.240 e. The molecule has 1 aromatic rings. The van der Waals surface area contributed by atoms with Crippen molar-refractivity contribution in [2.24, 2.45) is 5.73 Å². The highest BCUT2D eigenvalue weighted by atomic mass is 35.5. The third-order valence-corrected chi connectivity index (χ3v) is 5.18. The zero-order valence-electron chi connectivity index (χ0n) is 14.3. The largest absolute Gasteiger partial charge is 0.490 e. The SMILES string of the molecule is Cl.NC1(C(=O)NCc2ccc(OC3CCCCC3)cc2)CCCC1. The number of hydrogen-bond donors (Lipinski definition) is 2. The Morgan fingerprint density at radius 1 is 1.08 bits per heavy atom. The van der Waals surface area contributed by atoms with Crippen LogP contribution in [0, 0.1) is 0 Å². The van der Waals surface area contributed by atoms with Gasteiger partial charge in [0.2, 0.25) is 5.91 Å². The number of carbonyl (C=O) groups excluding carboxylic acids is 1. The van der Waals surface area contributed by atoms with Crippen LogP contribution in [0.3, 0.4) is 0 Å². The molecule has 0 radical (unpaired) electrons. The Balaban J connectivity index is 0.00000208. The normalized spacial score (nSPS) is 20.2. The van der Waals surface area contributed by atoms with Crippen molar-refractivity contribution in [3.63, 3.8) is 0 Å². The second-order valence-corrected chi connectivity index (χ2v) is 7.07. The molecular weight excluding hydrogens is 324 g/mol. The highest BCUT2D eigenvalue weighted by Gasteiger charge is 2.36. The fourth-order valence-corrected chi connectivity index (χ4v) is 3.65. The first-order valence-electron chi connectivity index (χ1n) is 8.98. The second kappa shape index (κ2) is 8.72. The summed E-state index contributed by atoms with van der Waals surface area (Å²) in [5, 5.41) is 2.98. The molecule has 5 heteroatoms. The molecule has 2 saturated carbocycles. The van der Waals surface area contributed by atoms with E-state index in [-0.39, 0.29) is 18.3 Å². The molecule has 3 N–H and O–H groups in total. The lowest BCUT2D eigenvalue weighted by Gasteiger charge is -2.23. The maximum Gasteiger partial charge on any atom is 0.240 e. The lowest BCUT2D eigenvalue weighted by Crippen LogP contribution is -2.51. The van der Waals surface area contributed by atoms with Gasteiger partial charge in [0.25, 0.3) is 0 Å². The Morgan fingerprint density at radius 3 is 2.33 bits per heavy atom. The van der Waals surface area contributed by atoms with E-state index >= 15 is 0 Å². The molecule has 0 saturated heterocycles. The molecule has 1 aromatic carbocycles. The zero-order chi connectivity index (χ0) is 16.1. The van der Waals surface area contributed by atoms with E-state index in [1.54, 1.807) is 0 Å². The predicted octanol–water partition coefficient (Wildman–Crippen LogP) is 3.71. The first-order valence-corrected chi connectivity index (χ1v) is 8.98. The zero-order valence-corrected chi connectivity index (χ0v) is 15.1. The third kappa shape index (κ3) is 4.87. The minimum Gasteiger partial charge on any atom is -0.490 e. The monoisotopic (exact) mass is 352 g/mol. The predicted molar refractivity (Wildman–Crippen MR) is 98.4 cm³/mol. The van der Waals surface area contributed by atoms with Crippen LogP contribution in [-0.4, -0.2) is 17.6 Å². The van der Waals surface area contributed by atoms with Gasteiger partial charge in [-0.25, -0.2) is 0 Å². The summed E-state index contributed by atoms with van der Waals surface area (Å²) in [6.07, 6.45) is 10.3. The summed E-state index contributed by atoms with van der Waals surface area (Å²) in [7, 11) is 0. The summed E-state index contributed by atoms with van der Waals surface area (Å²) >= 11 is 0. The molecule has 0 bridgehead atoms. The number of carbonyl (C=O) groups is 1. The highest BCUT2D eigenvalue weighted by Crippen LogP contribution is 2.27. The lowest BCUT2D eigenvalue weighted by atomic mass is 9.98. The Hall–Kier alpha value is -1.26. The van der Waals surface area contributed by atoms with Crippen LogP contribution in [0.4, 0.5) is 0 Å². The maximum atomic E-state index is 12.2. The van der Waals surface area contributed by atoms with Crippen molar-refractivity contribution in [3.8, 4) is 5.75 Å². The van der Waals surface area contributed by atoms with Gasteiger partial charge in [0, 0.05) is 6.54 Å². The number of halogens is 1. The summed E-state index contributed by atoms with van der Waals surface area (Å²) in [5.74, 6) is 0.913. The molecule has 3 rings (SSSR count). The lowest BCUT2D eigenvalue weighted by molar-refractivity contribution is -0.126. The summed E-state index contributed by atoms with van der Waals surface area (Å²) in [4.78, 5) is 12.2. The van der Waals surface area contributed by atoms with Crippen LogP contribution >= 0.6 is 12.4 Å². The minimum atomic E-state index is -0.649. The van der Waals surface area contributed by atoms with Gasteiger partial charge in [-0.15, -0.1) is 12.4 Å². The van der Waals surface area contributed by atoms with E-state index < -0.39 is 5.54 Å². The van der Waals surface area contributed by atoms with E-state index in [2.05, 4.69) is 5.32 Å². The van der Waals surface area contributed by atoms with Crippen LogP contribution in [-0.2, 0) is 11.3 Å². The Bertz CT molecular complexity index is 521. The topological polar surface area (TPSA) is 64.4 Å². The molecule has 0 unspecified atom stereocenters. The second-order valence-electron chi connectivity index (χ2n) is 7.07. The van der Waals surface area contributed by atoms with Gasteiger partial charge in [-0.1, -0.05) is 31.4 Å². The van der Waals surface area contributed by atoms with Crippen LogP contribution in [0.1, 0.15) is 63.4 Å². The van der Waals surface area contributed by atoms with Crippen molar-refractivity contribution in [1.82, 2.24) is 5.32 Å². The van der Waals surface area contributed by atoms with Gasteiger partial charge < -0.3 is 15.8 Å². The first-order chi connectivity index (χ1) is 11.2. The van der Waals surface area contributed by atoms with Gasteiger partial charge in [0.05, 0.1) is 11.6 Å². The van der Waals surface area contributed by atoms with Crippen molar-refractivity contribution in [2.75, 3.05) is 0 Å². The van der Waals surface area contributed by atoms with Crippen molar-refractivity contribution in [2.45, 2.75) is 76.0 Å². The molecule has 2 aliphatic carbocycles. The summed E-state index contributed by atoms with van der Waals surface area (Å²) < 4.78 is 6.03. The molecule has 4 nitrogen and oxygen atoms in total. The third-order valence-electron chi connectivity index (χ3n) is 5.18. The number of hydrogen-bond acceptors (Lipinski definition) is 3. The van der Waals surface area contributed by atoms with Crippen LogP contribution < -0.4 is 15.8 Å². The molecule has 0 heterocycles. The quantitative estimate of drug-likeness (QED) is 0.849. The van der Waals surface area contributed by atoms with Gasteiger partial charge in [-0.05, 0) is 56.2 Å². The summed E-state index contributed by atoms with van der Waals surface area (Å²) in [6.45, 7) is 0.529. The molecule has 24 heavy (non-hydrogen) atoms. The van der Waals surface area contributed by atoms with Crippen LogP contribution in [0.25, 0.3) is 0 Å². The minimum absolute atomic E-state index is 0. The molecule has 0 aromatic heterocycles. The van der Waals surface area contributed by atoms with Gasteiger partial charge in [-0.3, -0.25) is 4.79 Å². The fraction of sp³-hybridized carbons (Fsp3) is 0.632. The molecule has 1 amide bonds. The van der Waals surface area contributed by atoms with Crippen molar-refractivity contribution >= 4 is 18.3 Å². The van der Waals surface area contributed by atoms with E-state index in [0.717, 1.165) is 49.8 Å². The average Bonchev–Trinajstić information content (AvgIpc) is 3.03. The average molecular weight is 353 g/mol. The van der Waals surface area contributed by atoms with Gasteiger partial charge in [-0.2, -0.15) is 0 Å². The Kier molecular flexibility index (Phi) is 6.93. The van der Waals surface area contributed by atoms with E-state index in [9.17, 15) is 4.79 Å². The Morgan fingerprint density at radius 2 is 1.71 bits per heavy atom. The molecule has 0 aliphatic heterocycles. The van der Waals surface area contributed by atoms with E-state index in [1.165, 1.54) is 19.3 Å². The van der Waals surface area contributed by atoms with Crippen LogP contribution in [0.5, 0.6) is 5.75 Å². The van der Waals surface area contributed by atoms with E-state index in [0.29, 0.717) is 12.6 Å². The van der Waals surface area contributed by atoms with Crippen molar-refractivity contribution < 1.29 is 9.53 Å². The Labute approximate surface area is 150 Å². The molecular formula is C19H29ClN2O2. The van der Waals surface area contributed by atoms with Crippen LogP contribution in [0.2, 0.25) is 0 Å². The van der Waals surface area contributed by atoms with E-state index in [1.807, 2.05) is 24.3 Å². The van der Waals surface area contributed by atoms with Gasteiger partial charge in [0.1, 0.15) is 5.75 Å². The number of nitrogens with one attached hydrogen (secondary N) is 1. The highest BCUT2D eigenvalue weighted by molar-refractivity contribution is 5.86. The summed E-state index contributed by atoms with van der Waals surface area (Å²) in [6, 6.07) is 8.06. The van der Waals surface area contributed by atoms with E-state index in [4.69, 9.17) is 10.5 Å². The fourth-order valence-electron chi connectivity index (χ4n) is 3.65. The number of nitrogens with two attached hydrogens (primary N) is 1. The molecule has 2 fully saturated rings. The molecule has 134 valence electrons. The standard InChI is InChI=1S/C19H28N2O2.ClH/c20-19(12-4-5-13-19)18(22)21-14-15-8-10-17(11-9-15)23-16-6-2-1-3-7-16;/h8-11,16H,1-7,12-14,20H2,(H,21,22);1H. The number of benzene rings is 1. The molecule has 0 spiro atoms. The van der Waals surface area contributed by atoms with Crippen LogP contribution in [0.15, 0.2) is 24.3 Å². The molecule has 0 atom stereocenters. The number of rotatable bonds is 5.